The average molecular weight is 323 g/mol. The third-order valence-electron chi connectivity index (χ3n) is 4.03. The predicted octanol–water partition coefficient (Wildman–Crippen LogP) is 1.78. The maximum atomic E-state index is 11.8. The van der Waals surface area contributed by atoms with Crippen molar-refractivity contribution in [2.75, 3.05) is 6.54 Å². The molecule has 0 aliphatic heterocycles. The van der Waals surface area contributed by atoms with Crippen LogP contribution in [0.4, 0.5) is 4.79 Å². The molecule has 0 bridgehead atoms. The van der Waals surface area contributed by atoms with Crippen LogP contribution in [0.5, 0.6) is 0 Å². The first-order chi connectivity index (χ1) is 10.8. The molecule has 0 saturated heterocycles. The Labute approximate surface area is 138 Å². The normalized spacial score (nSPS) is 21.9. The van der Waals surface area contributed by atoms with Crippen LogP contribution in [0, 0.1) is 0 Å². The molecule has 0 unspecified atom stereocenters. The number of aromatic nitrogens is 3. The summed E-state index contributed by atoms with van der Waals surface area (Å²) in [6.45, 7) is 6.54. The second-order valence-corrected chi connectivity index (χ2v) is 7.26. The number of ether oxygens (including phenoxy) is 1. The van der Waals surface area contributed by atoms with Crippen molar-refractivity contribution in [1.82, 2.24) is 25.4 Å². The van der Waals surface area contributed by atoms with Gasteiger partial charge in [-0.2, -0.15) is 0 Å². The lowest BCUT2D eigenvalue weighted by atomic mass is 9.91. The lowest BCUT2D eigenvalue weighted by molar-refractivity contribution is 0.0490. The van der Waals surface area contributed by atoms with Crippen molar-refractivity contribution in [1.29, 1.82) is 0 Å². The Bertz CT molecular complexity index is 501. The molecule has 1 aromatic rings. The first-order valence-electron chi connectivity index (χ1n) is 8.39. The Morgan fingerprint density at radius 3 is 2.52 bits per heavy atom. The predicted molar refractivity (Wildman–Crippen MR) is 88.1 cm³/mol. The Kier molecular flexibility index (Phi) is 5.98. The van der Waals surface area contributed by atoms with E-state index in [2.05, 4.69) is 20.8 Å². The molecule has 7 heteroatoms. The summed E-state index contributed by atoms with van der Waals surface area (Å²) < 4.78 is 7.25. The molecule has 23 heavy (non-hydrogen) atoms. The van der Waals surface area contributed by atoms with Gasteiger partial charge < -0.3 is 19.9 Å². The van der Waals surface area contributed by atoms with E-state index in [1.54, 1.807) is 6.33 Å². The third-order valence-corrected chi connectivity index (χ3v) is 4.03. The molecule has 7 nitrogen and oxygen atoms in total. The zero-order chi connectivity index (χ0) is 16.9. The maximum absolute atomic E-state index is 11.8. The number of amides is 1. The summed E-state index contributed by atoms with van der Waals surface area (Å²) in [5.74, 6) is 0.998. The minimum atomic E-state index is -0.442. The summed E-state index contributed by atoms with van der Waals surface area (Å²) in [5.41, 5.74) is -0.442. The SMILES string of the molecule is Cn1cnnc1CCNC1CCC(NC(=O)OC(C)(C)C)CC1. The minimum absolute atomic E-state index is 0.224. The number of rotatable bonds is 5. The molecular formula is C16H29N5O2. The zero-order valence-electron chi connectivity index (χ0n) is 14.6. The second-order valence-electron chi connectivity index (χ2n) is 7.26. The van der Waals surface area contributed by atoms with Crippen molar-refractivity contribution in [2.24, 2.45) is 7.05 Å². The van der Waals surface area contributed by atoms with Gasteiger partial charge in [-0.3, -0.25) is 0 Å². The van der Waals surface area contributed by atoms with Crippen LogP contribution in [0.15, 0.2) is 6.33 Å². The van der Waals surface area contributed by atoms with E-state index in [0.29, 0.717) is 6.04 Å². The monoisotopic (exact) mass is 323 g/mol. The highest BCUT2D eigenvalue weighted by Gasteiger charge is 2.24. The Hall–Kier alpha value is -1.63. The highest BCUT2D eigenvalue weighted by Crippen LogP contribution is 2.19. The zero-order valence-corrected chi connectivity index (χ0v) is 14.6. The van der Waals surface area contributed by atoms with Gasteiger partial charge in [-0.05, 0) is 46.5 Å². The van der Waals surface area contributed by atoms with Crippen molar-refractivity contribution in [2.45, 2.75) is 70.6 Å². The van der Waals surface area contributed by atoms with Crippen molar-refractivity contribution in [3.05, 3.63) is 12.2 Å². The molecule has 1 heterocycles. The Morgan fingerprint density at radius 1 is 1.30 bits per heavy atom. The highest BCUT2D eigenvalue weighted by atomic mass is 16.6. The van der Waals surface area contributed by atoms with Crippen LogP contribution in [0.2, 0.25) is 0 Å². The topological polar surface area (TPSA) is 81.1 Å². The van der Waals surface area contributed by atoms with E-state index in [1.807, 2.05) is 32.4 Å². The van der Waals surface area contributed by atoms with Crippen LogP contribution in [-0.4, -0.2) is 45.1 Å². The van der Waals surface area contributed by atoms with Crippen LogP contribution in [0.3, 0.4) is 0 Å². The second kappa shape index (κ2) is 7.77. The molecule has 0 aromatic carbocycles. The molecule has 0 spiro atoms. The average Bonchev–Trinajstić information content (AvgIpc) is 2.84. The van der Waals surface area contributed by atoms with Crippen LogP contribution in [-0.2, 0) is 18.2 Å². The van der Waals surface area contributed by atoms with E-state index < -0.39 is 5.60 Å². The molecule has 1 amide bonds. The highest BCUT2D eigenvalue weighted by molar-refractivity contribution is 5.68. The fourth-order valence-corrected chi connectivity index (χ4v) is 2.84. The molecule has 1 saturated carbocycles. The number of alkyl carbamates (subject to hydrolysis) is 1. The number of aryl methyl sites for hydroxylation is 1. The summed E-state index contributed by atoms with van der Waals surface area (Å²) in [4.78, 5) is 11.8. The van der Waals surface area contributed by atoms with Crippen molar-refractivity contribution >= 4 is 6.09 Å². The summed E-state index contributed by atoms with van der Waals surface area (Å²) in [6, 6.07) is 0.738. The van der Waals surface area contributed by atoms with Gasteiger partial charge >= 0.3 is 6.09 Å². The van der Waals surface area contributed by atoms with Gasteiger partial charge in [0, 0.05) is 32.1 Å². The van der Waals surface area contributed by atoms with Gasteiger partial charge in [0.25, 0.3) is 0 Å². The van der Waals surface area contributed by atoms with E-state index in [9.17, 15) is 4.79 Å². The fraction of sp³-hybridized carbons (Fsp3) is 0.812. The van der Waals surface area contributed by atoms with Gasteiger partial charge in [-0.1, -0.05) is 0 Å². The molecule has 2 N–H and O–H groups in total. The van der Waals surface area contributed by atoms with Crippen LogP contribution >= 0.6 is 0 Å². The minimum Gasteiger partial charge on any atom is -0.444 e. The number of hydrogen-bond donors (Lipinski definition) is 2. The van der Waals surface area contributed by atoms with Gasteiger partial charge in [0.15, 0.2) is 0 Å². The molecule has 130 valence electrons. The van der Waals surface area contributed by atoms with Crippen LogP contribution < -0.4 is 10.6 Å². The van der Waals surface area contributed by atoms with E-state index in [0.717, 1.165) is 44.5 Å². The van der Waals surface area contributed by atoms with Crippen molar-refractivity contribution in [3.8, 4) is 0 Å². The standard InChI is InChI=1S/C16H29N5O2/c1-16(2,3)23-15(22)19-13-7-5-12(6-8-13)17-10-9-14-20-18-11-21(14)4/h11-13,17H,5-10H2,1-4H3,(H,19,22). The molecule has 1 aliphatic rings. The third kappa shape index (κ3) is 6.17. The van der Waals surface area contributed by atoms with Crippen LogP contribution in [0.25, 0.3) is 0 Å². The molecule has 0 atom stereocenters. The lowest BCUT2D eigenvalue weighted by Crippen LogP contribution is -2.44. The van der Waals surface area contributed by atoms with E-state index in [4.69, 9.17) is 4.74 Å². The lowest BCUT2D eigenvalue weighted by Gasteiger charge is -2.30. The molecule has 1 fully saturated rings. The van der Waals surface area contributed by atoms with Crippen LogP contribution in [0.1, 0.15) is 52.3 Å². The number of nitrogens with zero attached hydrogens (tertiary/aromatic N) is 3. The maximum Gasteiger partial charge on any atom is 0.407 e. The van der Waals surface area contributed by atoms with Gasteiger partial charge in [-0.25, -0.2) is 4.79 Å². The Morgan fingerprint density at radius 2 is 1.96 bits per heavy atom. The largest absolute Gasteiger partial charge is 0.444 e. The smallest absolute Gasteiger partial charge is 0.407 e. The quantitative estimate of drug-likeness (QED) is 0.863. The molecule has 0 radical (unpaired) electrons. The number of hydrogen-bond acceptors (Lipinski definition) is 5. The van der Waals surface area contributed by atoms with Gasteiger partial charge in [0.1, 0.15) is 17.8 Å². The fourth-order valence-electron chi connectivity index (χ4n) is 2.84. The molecule has 1 aliphatic carbocycles. The van der Waals surface area contributed by atoms with Gasteiger partial charge in [0.05, 0.1) is 0 Å². The Balaban J connectivity index is 1.62. The summed E-state index contributed by atoms with van der Waals surface area (Å²) in [6.07, 6.45) is 6.41. The molecular weight excluding hydrogens is 294 g/mol. The molecule has 2 rings (SSSR count). The first kappa shape index (κ1) is 17.7. The summed E-state index contributed by atoms with van der Waals surface area (Å²) in [7, 11) is 1.96. The van der Waals surface area contributed by atoms with Gasteiger partial charge in [-0.15, -0.1) is 10.2 Å². The number of carbonyl (C=O) groups excluding carboxylic acids is 1. The number of nitrogens with one attached hydrogen (secondary N) is 2. The van der Waals surface area contributed by atoms with Crippen molar-refractivity contribution in [3.63, 3.8) is 0 Å². The summed E-state index contributed by atoms with van der Waals surface area (Å²) in [5, 5.41) is 14.5. The first-order valence-corrected chi connectivity index (χ1v) is 8.39. The van der Waals surface area contributed by atoms with Gasteiger partial charge in [0.2, 0.25) is 0 Å². The van der Waals surface area contributed by atoms with E-state index >= 15 is 0 Å². The van der Waals surface area contributed by atoms with E-state index in [-0.39, 0.29) is 12.1 Å². The van der Waals surface area contributed by atoms with E-state index in [1.165, 1.54) is 0 Å². The number of carbonyl (C=O) groups is 1. The van der Waals surface area contributed by atoms with Crippen molar-refractivity contribution < 1.29 is 9.53 Å². The molecule has 1 aromatic heterocycles. The summed E-state index contributed by atoms with van der Waals surface area (Å²) >= 11 is 0.